The summed E-state index contributed by atoms with van der Waals surface area (Å²) in [5, 5.41) is 3.30. The van der Waals surface area contributed by atoms with Crippen molar-refractivity contribution in [2.75, 3.05) is 26.7 Å². The second-order valence-electron chi connectivity index (χ2n) is 6.15. The minimum Gasteiger partial charge on any atom is -0.465 e. The molecule has 0 spiro atoms. The third-order valence-corrected chi connectivity index (χ3v) is 3.73. The quantitative estimate of drug-likeness (QED) is 0.650. The molecule has 0 amide bonds. The van der Waals surface area contributed by atoms with Crippen LogP contribution < -0.4 is 5.32 Å². The molecule has 3 unspecified atom stereocenters. The lowest BCUT2D eigenvalue weighted by Gasteiger charge is -2.23. The number of esters is 1. The fraction of sp³-hybridized carbons (Fsp3) is 0.933. The van der Waals surface area contributed by atoms with E-state index < -0.39 is 0 Å². The molecule has 112 valence electrons. The Morgan fingerprint density at radius 2 is 2.11 bits per heavy atom. The standard InChI is InChI=1S/C15H30N2O2/c1-6-19-15(18)14(16-11(2)3)7-8-17(5)10-13-9-12(13)4/h11-14,16H,6-10H2,1-5H3. The van der Waals surface area contributed by atoms with Crippen LogP contribution in [0, 0.1) is 11.8 Å². The summed E-state index contributed by atoms with van der Waals surface area (Å²) in [5.74, 6) is 1.63. The van der Waals surface area contributed by atoms with Crippen LogP contribution in [0.25, 0.3) is 0 Å². The van der Waals surface area contributed by atoms with Crippen molar-refractivity contribution in [1.82, 2.24) is 10.2 Å². The van der Waals surface area contributed by atoms with Crippen LogP contribution in [0.4, 0.5) is 0 Å². The van der Waals surface area contributed by atoms with Crippen LogP contribution in [0.15, 0.2) is 0 Å². The number of carbonyl (C=O) groups excluding carboxylic acids is 1. The molecule has 1 aliphatic carbocycles. The Labute approximate surface area is 117 Å². The van der Waals surface area contributed by atoms with Crippen molar-refractivity contribution >= 4 is 5.97 Å². The van der Waals surface area contributed by atoms with E-state index in [2.05, 4.69) is 38.0 Å². The molecule has 0 aliphatic heterocycles. The third-order valence-electron chi connectivity index (χ3n) is 3.73. The zero-order valence-electron chi connectivity index (χ0n) is 13.1. The van der Waals surface area contributed by atoms with E-state index in [1.54, 1.807) is 0 Å². The molecular weight excluding hydrogens is 240 g/mol. The third kappa shape index (κ3) is 6.39. The molecule has 0 radical (unpaired) electrons. The number of rotatable bonds is 9. The van der Waals surface area contributed by atoms with E-state index in [4.69, 9.17) is 4.74 Å². The van der Waals surface area contributed by atoms with Gasteiger partial charge in [-0.15, -0.1) is 0 Å². The minimum absolute atomic E-state index is 0.121. The van der Waals surface area contributed by atoms with Crippen LogP contribution in [0.3, 0.4) is 0 Å². The molecule has 1 rings (SSSR count). The van der Waals surface area contributed by atoms with Crippen molar-refractivity contribution in [2.24, 2.45) is 11.8 Å². The predicted molar refractivity (Wildman–Crippen MR) is 78.1 cm³/mol. The lowest BCUT2D eigenvalue weighted by Crippen LogP contribution is -2.44. The van der Waals surface area contributed by atoms with Gasteiger partial charge in [-0.25, -0.2) is 0 Å². The first-order valence-corrected chi connectivity index (χ1v) is 7.55. The molecule has 0 saturated heterocycles. The summed E-state index contributed by atoms with van der Waals surface area (Å²) in [6.07, 6.45) is 2.17. The zero-order valence-corrected chi connectivity index (χ0v) is 13.1. The Morgan fingerprint density at radius 3 is 2.58 bits per heavy atom. The van der Waals surface area contributed by atoms with Crippen LogP contribution in [-0.4, -0.2) is 49.7 Å². The van der Waals surface area contributed by atoms with Gasteiger partial charge in [-0.1, -0.05) is 20.8 Å². The number of hydrogen-bond acceptors (Lipinski definition) is 4. The molecule has 1 fully saturated rings. The maximum absolute atomic E-state index is 11.9. The summed E-state index contributed by atoms with van der Waals surface area (Å²) in [5.41, 5.74) is 0. The van der Waals surface area contributed by atoms with Crippen molar-refractivity contribution in [3.8, 4) is 0 Å². The van der Waals surface area contributed by atoms with E-state index >= 15 is 0 Å². The monoisotopic (exact) mass is 270 g/mol. The number of carbonyl (C=O) groups is 1. The van der Waals surface area contributed by atoms with Gasteiger partial charge in [-0.3, -0.25) is 4.79 Å². The largest absolute Gasteiger partial charge is 0.465 e. The van der Waals surface area contributed by atoms with Gasteiger partial charge in [-0.2, -0.15) is 0 Å². The van der Waals surface area contributed by atoms with Crippen molar-refractivity contribution in [2.45, 2.75) is 52.6 Å². The minimum atomic E-state index is -0.181. The Morgan fingerprint density at radius 1 is 1.47 bits per heavy atom. The lowest BCUT2D eigenvalue weighted by molar-refractivity contribution is -0.146. The highest BCUT2D eigenvalue weighted by atomic mass is 16.5. The second-order valence-corrected chi connectivity index (χ2v) is 6.15. The molecule has 0 heterocycles. The highest BCUT2D eigenvalue weighted by Gasteiger charge is 2.33. The molecule has 0 aromatic carbocycles. The predicted octanol–water partition coefficient (Wildman–Crippen LogP) is 1.89. The first kappa shape index (κ1) is 16.4. The average molecular weight is 270 g/mol. The van der Waals surface area contributed by atoms with Gasteiger partial charge in [0.15, 0.2) is 0 Å². The van der Waals surface area contributed by atoms with Crippen LogP contribution in [0.2, 0.25) is 0 Å². The van der Waals surface area contributed by atoms with Gasteiger partial charge in [-0.05, 0) is 45.2 Å². The Kier molecular flexibility index (Phi) is 6.80. The number of ether oxygens (including phenoxy) is 1. The first-order chi connectivity index (χ1) is 8.93. The maximum Gasteiger partial charge on any atom is 0.323 e. The Balaban J connectivity index is 2.31. The molecule has 0 aromatic rings. The van der Waals surface area contributed by atoms with Gasteiger partial charge in [0, 0.05) is 12.6 Å². The molecule has 3 atom stereocenters. The van der Waals surface area contributed by atoms with Gasteiger partial charge in [0.1, 0.15) is 6.04 Å². The molecule has 4 nitrogen and oxygen atoms in total. The number of hydrogen-bond donors (Lipinski definition) is 1. The van der Waals surface area contributed by atoms with E-state index in [-0.39, 0.29) is 12.0 Å². The van der Waals surface area contributed by atoms with E-state index in [9.17, 15) is 4.79 Å². The summed E-state index contributed by atoms with van der Waals surface area (Å²) in [6.45, 7) is 10.8. The topological polar surface area (TPSA) is 41.6 Å². The molecule has 1 aliphatic rings. The molecule has 0 aromatic heterocycles. The van der Waals surface area contributed by atoms with Crippen LogP contribution >= 0.6 is 0 Å². The highest BCUT2D eigenvalue weighted by Crippen LogP contribution is 2.37. The number of nitrogens with one attached hydrogen (secondary N) is 1. The Bertz CT molecular complexity index is 281. The van der Waals surface area contributed by atoms with Gasteiger partial charge in [0.2, 0.25) is 0 Å². The van der Waals surface area contributed by atoms with E-state index in [1.165, 1.54) is 6.42 Å². The summed E-state index contributed by atoms with van der Waals surface area (Å²) in [7, 11) is 2.14. The van der Waals surface area contributed by atoms with Crippen molar-refractivity contribution in [3.05, 3.63) is 0 Å². The first-order valence-electron chi connectivity index (χ1n) is 7.55. The summed E-state index contributed by atoms with van der Waals surface area (Å²) < 4.78 is 5.13. The molecule has 1 saturated carbocycles. The van der Waals surface area contributed by atoms with E-state index in [1.807, 2.05) is 6.92 Å². The maximum atomic E-state index is 11.9. The molecule has 0 bridgehead atoms. The number of nitrogens with zero attached hydrogens (tertiary/aromatic N) is 1. The summed E-state index contributed by atoms with van der Waals surface area (Å²) in [4.78, 5) is 14.2. The van der Waals surface area contributed by atoms with Crippen molar-refractivity contribution in [1.29, 1.82) is 0 Å². The van der Waals surface area contributed by atoms with Gasteiger partial charge in [0.05, 0.1) is 6.61 Å². The molecule has 19 heavy (non-hydrogen) atoms. The summed E-state index contributed by atoms with van der Waals surface area (Å²) >= 11 is 0. The summed E-state index contributed by atoms with van der Waals surface area (Å²) in [6, 6.07) is 0.113. The smallest absolute Gasteiger partial charge is 0.323 e. The van der Waals surface area contributed by atoms with Crippen LogP contribution in [0.5, 0.6) is 0 Å². The average Bonchev–Trinajstić information content (AvgIpc) is 2.99. The normalized spacial score (nSPS) is 23.7. The van der Waals surface area contributed by atoms with Gasteiger partial charge in [0.25, 0.3) is 0 Å². The second kappa shape index (κ2) is 7.85. The van der Waals surface area contributed by atoms with Gasteiger partial charge < -0.3 is 15.0 Å². The fourth-order valence-corrected chi connectivity index (χ4v) is 2.41. The zero-order chi connectivity index (χ0) is 14.4. The molecule has 4 heteroatoms. The van der Waals surface area contributed by atoms with Crippen LogP contribution in [-0.2, 0) is 9.53 Å². The van der Waals surface area contributed by atoms with E-state index in [0.717, 1.165) is 31.3 Å². The molecular formula is C15H30N2O2. The SMILES string of the molecule is CCOC(=O)C(CCN(C)CC1CC1C)NC(C)C. The van der Waals surface area contributed by atoms with Crippen molar-refractivity contribution < 1.29 is 9.53 Å². The highest BCUT2D eigenvalue weighted by molar-refractivity contribution is 5.75. The van der Waals surface area contributed by atoms with Gasteiger partial charge >= 0.3 is 5.97 Å². The van der Waals surface area contributed by atoms with E-state index in [0.29, 0.717) is 12.6 Å². The fourth-order valence-electron chi connectivity index (χ4n) is 2.41. The lowest BCUT2D eigenvalue weighted by atomic mass is 10.1. The molecule has 1 N–H and O–H groups in total. The Hall–Kier alpha value is -0.610. The van der Waals surface area contributed by atoms with Crippen molar-refractivity contribution in [3.63, 3.8) is 0 Å². The van der Waals surface area contributed by atoms with Crippen LogP contribution in [0.1, 0.15) is 40.5 Å².